The molecule has 0 spiro atoms. The zero-order valence-corrected chi connectivity index (χ0v) is 11.6. The highest BCUT2D eigenvalue weighted by Crippen LogP contribution is 2.43. The fourth-order valence-electron chi connectivity index (χ4n) is 2.35. The number of aryl methyl sites for hydroxylation is 2. The van der Waals surface area contributed by atoms with E-state index < -0.39 is 23.0 Å². The number of carboxylic acid groups (broad SMARTS) is 1. The number of fused-ring (bicyclic) bond motifs is 1. The molecular weight excluding hydrogens is 278 g/mol. The highest BCUT2D eigenvalue weighted by atomic mass is 16.5. The van der Waals surface area contributed by atoms with Gasteiger partial charge in [0.05, 0.1) is 7.11 Å². The number of phenolic OH excluding ortho intramolecular Hbond substituents is 2. The number of aromatic hydroxyl groups is 2. The van der Waals surface area contributed by atoms with E-state index in [9.17, 15) is 19.8 Å². The van der Waals surface area contributed by atoms with Crippen LogP contribution in [0.1, 0.15) is 17.7 Å². The van der Waals surface area contributed by atoms with Crippen LogP contribution in [0.3, 0.4) is 0 Å². The number of H-pyrrole nitrogens is 1. The molecule has 1 aromatic carbocycles. The second kappa shape index (κ2) is 5.35. The fourth-order valence-corrected chi connectivity index (χ4v) is 2.35. The minimum atomic E-state index is -1.03. The predicted molar refractivity (Wildman–Crippen MR) is 75.1 cm³/mol. The van der Waals surface area contributed by atoms with Gasteiger partial charge >= 0.3 is 5.97 Å². The number of aliphatic carboxylic acids is 1. The van der Waals surface area contributed by atoms with Gasteiger partial charge in [-0.1, -0.05) is 0 Å². The topological polar surface area (TPSA) is 120 Å². The number of pyridine rings is 1. The summed E-state index contributed by atoms with van der Waals surface area (Å²) < 4.78 is 5.09. The van der Waals surface area contributed by atoms with E-state index in [1.54, 1.807) is 6.92 Å². The number of hydrogen-bond acceptors (Lipinski definition) is 5. The molecule has 1 heterocycles. The standard InChI is InChI=1S/C14H15NO6/c1-6-11-8(5-9(16)12(19)13(11)21-2)7(14(20)15-6)3-4-10(17)18/h5,16,19H,3-4H2,1-2H3,(H,15,20)(H,17,18). The number of methoxy groups -OCH3 is 1. The molecule has 0 radical (unpaired) electrons. The Morgan fingerprint density at radius 1 is 1.38 bits per heavy atom. The summed E-state index contributed by atoms with van der Waals surface area (Å²) in [6.07, 6.45) is -0.208. The summed E-state index contributed by atoms with van der Waals surface area (Å²) in [5.74, 6) is -1.85. The zero-order valence-electron chi connectivity index (χ0n) is 11.6. The Morgan fingerprint density at radius 3 is 2.62 bits per heavy atom. The summed E-state index contributed by atoms with van der Waals surface area (Å²) in [6.45, 7) is 1.63. The molecule has 112 valence electrons. The summed E-state index contributed by atoms with van der Waals surface area (Å²) in [5.41, 5.74) is 0.265. The highest BCUT2D eigenvalue weighted by Gasteiger charge is 2.19. The second-order valence-electron chi connectivity index (χ2n) is 4.65. The van der Waals surface area contributed by atoms with Crippen molar-refractivity contribution in [3.8, 4) is 17.2 Å². The van der Waals surface area contributed by atoms with Crippen LogP contribution in [-0.4, -0.2) is 33.4 Å². The Hall–Kier alpha value is -2.70. The molecule has 2 rings (SSSR count). The Morgan fingerprint density at radius 2 is 2.05 bits per heavy atom. The molecule has 1 aromatic heterocycles. The molecule has 0 aliphatic carbocycles. The van der Waals surface area contributed by atoms with Crippen LogP contribution >= 0.6 is 0 Å². The van der Waals surface area contributed by atoms with Gasteiger partial charge in [-0.15, -0.1) is 0 Å². The van der Waals surface area contributed by atoms with Gasteiger partial charge in [0, 0.05) is 23.1 Å². The number of carboxylic acids is 1. The largest absolute Gasteiger partial charge is 0.504 e. The number of aromatic amines is 1. The average molecular weight is 293 g/mol. The monoisotopic (exact) mass is 293 g/mol. The predicted octanol–water partition coefficient (Wildman–Crippen LogP) is 1.27. The maximum Gasteiger partial charge on any atom is 0.303 e. The van der Waals surface area contributed by atoms with Crippen LogP contribution in [0, 0.1) is 6.92 Å². The van der Waals surface area contributed by atoms with E-state index in [1.165, 1.54) is 13.2 Å². The van der Waals surface area contributed by atoms with E-state index in [1.807, 2.05) is 0 Å². The summed E-state index contributed by atoms with van der Waals surface area (Å²) in [7, 11) is 1.33. The molecule has 0 aliphatic rings. The van der Waals surface area contributed by atoms with Crippen molar-refractivity contribution >= 4 is 16.7 Å². The van der Waals surface area contributed by atoms with Crippen molar-refractivity contribution in [2.75, 3.05) is 7.11 Å². The third-order valence-corrected chi connectivity index (χ3v) is 3.30. The van der Waals surface area contributed by atoms with E-state index in [2.05, 4.69) is 4.98 Å². The van der Waals surface area contributed by atoms with Gasteiger partial charge < -0.3 is 25.0 Å². The molecule has 0 atom stereocenters. The molecule has 7 nitrogen and oxygen atoms in total. The van der Waals surface area contributed by atoms with E-state index in [0.29, 0.717) is 16.5 Å². The Labute approximate surface area is 119 Å². The molecule has 0 fully saturated rings. The first-order chi connectivity index (χ1) is 9.86. The molecule has 0 saturated carbocycles. The van der Waals surface area contributed by atoms with E-state index in [4.69, 9.17) is 9.84 Å². The molecular formula is C14H15NO6. The quantitative estimate of drug-likeness (QED) is 0.630. The van der Waals surface area contributed by atoms with Gasteiger partial charge in [-0.05, 0) is 24.8 Å². The van der Waals surface area contributed by atoms with Gasteiger partial charge in [-0.2, -0.15) is 0 Å². The fraction of sp³-hybridized carbons (Fsp3) is 0.286. The molecule has 0 amide bonds. The van der Waals surface area contributed by atoms with Gasteiger partial charge in [0.15, 0.2) is 11.5 Å². The summed E-state index contributed by atoms with van der Waals surface area (Å²) in [4.78, 5) is 25.3. The van der Waals surface area contributed by atoms with Crippen molar-refractivity contribution in [1.82, 2.24) is 4.98 Å². The first-order valence-electron chi connectivity index (χ1n) is 6.23. The van der Waals surface area contributed by atoms with Gasteiger partial charge in [0.1, 0.15) is 0 Å². The maximum atomic E-state index is 12.0. The van der Waals surface area contributed by atoms with Crippen LogP contribution < -0.4 is 10.3 Å². The lowest BCUT2D eigenvalue weighted by Gasteiger charge is -2.14. The lowest BCUT2D eigenvalue weighted by molar-refractivity contribution is -0.136. The third kappa shape index (κ3) is 2.49. The van der Waals surface area contributed by atoms with Gasteiger partial charge in [-0.25, -0.2) is 0 Å². The van der Waals surface area contributed by atoms with Crippen molar-refractivity contribution in [3.05, 3.63) is 27.7 Å². The van der Waals surface area contributed by atoms with Gasteiger partial charge in [0.25, 0.3) is 5.56 Å². The Balaban J connectivity index is 2.84. The van der Waals surface area contributed by atoms with E-state index in [-0.39, 0.29) is 24.2 Å². The zero-order chi connectivity index (χ0) is 15.7. The summed E-state index contributed by atoms with van der Waals surface area (Å²) in [6, 6.07) is 1.24. The summed E-state index contributed by atoms with van der Waals surface area (Å²) >= 11 is 0. The molecule has 0 saturated heterocycles. The maximum absolute atomic E-state index is 12.0. The molecule has 4 N–H and O–H groups in total. The highest BCUT2D eigenvalue weighted by molar-refractivity contribution is 5.96. The lowest BCUT2D eigenvalue weighted by Crippen LogP contribution is -2.16. The van der Waals surface area contributed by atoms with Crippen LogP contribution in [0.5, 0.6) is 17.2 Å². The normalized spacial score (nSPS) is 10.8. The minimum absolute atomic E-state index is 0.00875. The van der Waals surface area contributed by atoms with Crippen LogP contribution in [-0.2, 0) is 11.2 Å². The number of benzene rings is 1. The second-order valence-corrected chi connectivity index (χ2v) is 4.65. The number of hydrogen-bond donors (Lipinski definition) is 4. The molecule has 0 unspecified atom stereocenters. The molecule has 7 heteroatoms. The molecule has 21 heavy (non-hydrogen) atoms. The van der Waals surface area contributed by atoms with Crippen molar-refractivity contribution in [2.24, 2.45) is 0 Å². The van der Waals surface area contributed by atoms with E-state index in [0.717, 1.165) is 0 Å². The van der Waals surface area contributed by atoms with Crippen molar-refractivity contribution in [1.29, 1.82) is 0 Å². The van der Waals surface area contributed by atoms with Crippen LogP contribution in [0.4, 0.5) is 0 Å². The van der Waals surface area contributed by atoms with Crippen LogP contribution in [0.2, 0.25) is 0 Å². The molecule has 2 aromatic rings. The summed E-state index contributed by atoms with van der Waals surface area (Å²) in [5, 5.41) is 29.2. The van der Waals surface area contributed by atoms with Crippen molar-refractivity contribution in [3.63, 3.8) is 0 Å². The lowest BCUT2D eigenvalue weighted by atomic mass is 10.00. The van der Waals surface area contributed by atoms with E-state index >= 15 is 0 Å². The van der Waals surface area contributed by atoms with Crippen LogP contribution in [0.15, 0.2) is 10.9 Å². The number of rotatable bonds is 4. The average Bonchev–Trinajstić information content (AvgIpc) is 2.40. The first kappa shape index (κ1) is 14.7. The van der Waals surface area contributed by atoms with Gasteiger partial charge in [0.2, 0.25) is 5.75 Å². The Bertz CT molecular complexity index is 777. The third-order valence-electron chi connectivity index (χ3n) is 3.30. The number of phenols is 2. The number of ether oxygens (including phenoxy) is 1. The van der Waals surface area contributed by atoms with Crippen LogP contribution in [0.25, 0.3) is 10.8 Å². The Kier molecular flexibility index (Phi) is 3.75. The number of aromatic nitrogens is 1. The molecule has 0 aliphatic heterocycles. The number of nitrogens with one attached hydrogen (secondary N) is 1. The number of carbonyl (C=O) groups is 1. The minimum Gasteiger partial charge on any atom is -0.504 e. The van der Waals surface area contributed by atoms with Gasteiger partial charge in [-0.3, -0.25) is 9.59 Å². The SMILES string of the molecule is COc1c(O)c(O)cc2c(CCC(=O)O)c(=O)[nH]c(C)c12. The van der Waals surface area contributed by atoms with Crippen molar-refractivity contribution in [2.45, 2.75) is 19.8 Å². The smallest absolute Gasteiger partial charge is 0.303 e. The van der Waals surface area contributed by atoms with Crippen molar-refractivity contribution < 1.29 is 24.9 Å². The first-order valence-corrected chi connectivity index (χ1v) is 6.23. The molecule has 0 bridgehead atoms.